The molecule has 1 atom stereocenters. The first-order valence-corrected chi connectivity index (χ1v) is 10.3. The Morgan fingerprint density at radius 1 is 1.21 bits per heavy atom. The molecule has 2 N–H and O–H groups in total. The van der Waals surface area contributed by atoms with Gasteiger partial charge in [-0.25, -0.2) is 0 Å². The van der Waals surface area contributed by atoms with Gasteiger partial charge in [0.2, 0.25) is 5.91 Å². The molecule has 1 fully saturated rings. The number of nitrogens with zero attached hydrogens (tertiary/aromatic N) is 4. The van der Waals surface area contributed by atoms with Crippen LogP contribution in [0, 0.1) is 0 Å². The van der Waals surface area contributed by atoms with E-state index in [1.54, 1.807) is 0 Å². The van der Waals surface area contributed by atoms with Crippen LogP contribution in [0.4, 0.5) is 5.82 Å². The number of rotatable bonds is 7. The fraction of sp³-hybridized carbons (Fsp3) is 0.409. The maximum Gasteiger partial charge on any atom is 0.224 e. The molecule has 1 unspecified atom stereocenters. The summed E-state index contributed by atoms with van der Waals surface area (Å²) in [5.74, 6) is 1.53. The molecule has 4 rings (SSSR count). The lowest BCUT2D eigenvalue weighted by Gasteiger charge is -2.23. The van der Waals surface area contributed by atoms with E-state index < -0.39 is 0 Å². The third kappa shape index (κ3) is 3.96. The number of amides is 1. The molecular formula is C22H27N5O2. The molecule has 3 heterocycles. The smallest absolute Gasteiger partial charge is 0.224 e. The van der Waals surface area contributed by atoms with Gasteiger partial charge in [0.1, 0.15) is 0 Å². The van der Waals surface area contributed by atoms with Crippen LogP contribution in [0.15, 0.2) is 42.6 Å². The van der Waals surface area contributed by atoms with Crippen LogP contribution in [-0.2, 0) is 11.2 Å². The van der Waals surface area contributed by atoms with E-state index in [0.717, 1.165) is 48.1 Å². The van der Waals surface area contributed by atoms with Crippen LogP contribution < -0.4 is 10.2 Å². The molecular weight excluding hydrogens is 366 g/mol. The van der Waals surface area contributed by atoms with E-state index >= 15 is 0 Å². The summed E-state index contributed by atoms with van der Waals surface area (Å²) in [7, 11) is 0. The average molecular weight is 393 g/mol. The number of fused-ring (bicyclic) bond motifs is 1. The zero-order valence-electron chi connectivity index (χ0n) is 16.7. The maximum absolute atomic E-state index is 12.2. The van der Waals surface area contributed by atoms with E-state index in [0.29, 0.717) is 18.8 Å². The van der Waals surface area contributed by atoms with Crippen molar-refractivity contribution in [2.75, 3.05) is 24.6 Å². The fourth-order valence-corrected chi connectivity index (χ4v) is 4.01. The van der Waals surface area contributed by atoms with Gasteiger partial charge in [0.15, 0.2) is 11.6 Å². The molecule has 0 aliphatic carbocycles. The fourth-order valence-electron chi connectivity index (χ4n) is 4.01. The Balaban J connectivity index is 1.63. The standard InChI is InChI=1S/C22H27N5O2/c1-2-11-23-22(29)13-16-14-27(19-8-4-3-7-18(16)19)21-10-9-20(24-25-21)26-12-5-6-17(26)15-28/h3-4,7-10,14,17,28H,2,5-6,11-13,15H2,1H3,(H,23,29). The van der Waals surface area contributed by atoms with E-state index in [1.165, 1.54) is 0 Å². The molecule has 2 aromatic heterocycles. The highest BCUT2D eigenvalue weighted by atomic mass is 16.3. The normalized spacial score (nSPS) is 16.5. The van der Waals surface area contributed by atoms with E-state index in [9.17, 15) is 9.90 Å². The zero-order chi connectivity index (χ0) is 20.2. The Bertz CT molecular complexity index is 983. The number of aromatic nitrogens is 3. The molecule has 3 aromatic rings. The molecule has 1 aliphatic heterocycles. The highest BCUT2D eigenvalue weighted by Gasteiger charge is 2.25. The number of carbonyl (C=O) groups is 1. The molecule has 7 nitrogen and oxygen atoms in total. The summed E-state index contributed by atoms with van der Waals surface area (Å²) in [6.07, 6.45) is 5.27. The summed E-state index contributed by atoms with van der Waals surface area (Å²) in [5, 5.41) is 22.4. The van der Waals surface area contributed by atoms with Crippen LogP contribution in [0.1, 0.15) is 31.7 Å². The Morgan fingerprint density at radius 3 is 2.76 bits per heavy atom. The Labute approximate surface area is 170 Å². The topological polar surface area (TPSA) is 83.3 Å². The second-order valence-electron chi connectivity index (χ2n) is 7.49. The van der Waals surface area contributed by atoms with Crippen molar-refractivity contribution in [3.63, 3.8) is 0 Å². The van der Waals surface area contributed by atoms with Gasteiger partial charge < -0.3 is 15.3 Å². The third-order valence-electron chi connectivity index (χ3n) is 5.48. The number of para-hydroxylation sites is 1. The molecule has 29 heavy (non-hydrogen) atoms. The molecule has 0 bridgehead atoms. The van der Waals surface area contributed by atoms with Crippen LogP contribution in [-0.4, -0.2) is 51.5 Å². The first kappa shape index (κ1) is 19.4. The number of hydrogen-bond acceptors (Lipinski definition) is 5. The Kier molecular flexibility index (Phi) is 5.76. The predicted octanol–water partition coefficient (Wildman–Crippen LogP) is 2.45. The SMILES string of the molecule is CCCNC(=O)Cc1cn(-c2ccc(N3CCCC3CO)nn2)c2ccccc12. The van der Waals surface area contributed by atoms with Crippen molar-refractivity contribution in [3.05, 3.63) is 48.2 Å². The van der Waals surface area contributed by atoms with Crippen LogP contribution in [0.2, 0.25) is 0 Å². The minimum absolute atomic E-state index is 0.0280. The molecule has 1 aromatic carbocycles. The first-order valence-electron chi connectivity index (χ1n) is 10.3. The lowest BCUT2D eigenvalue weighted by atomic mass is 10.1. The Hall–Kier alpha value is -2.93. The van der Waals surface area contributed by atoms with Gasteiger partial charge in [-0.3, -0.25) is 9.36 Å². The van der Waals surface area contributed by atoms with Crippen molar-refractivity contribution < 1.29 is 9.90 Å². The molecule has 0 saturated carbocycles. The molecule has 1 aliphatic rings. The largest absolute Gasteiger partial charge is 0.394 e. The minimum atomic E-state index is 0.0280. The quantitative estimate of drug-likeness (QED) is 0.644. The number of nitrogens with one attached hydrogen (secondary N) is 1. The van der Waals surface area contributed by atoms with Crippen LogP contribution in [0.5, 0.6) is 0 Å². The predicted molar refractivity (Wildman–Crippen MR) is 113 cm³/mol. The van der Waals surface area contributed by atoms with E-state index in [-0.39, 0.29) is 18.6 Å². The molecule has 0 spiro atoms. The second kappa shape index (κ2) is 8.61. The van der Waals surface area contributed by atoms with Gasteiger partial charge in [-0.05, 0) is 43.0 Å². The molecule has 152 valence electrons. The van der Waals surface area contributed by atoms with Crippen molar-refractivity contribution in [2.24, 2.45) is 0 Å². The maximum atomic E-state index is 12.2. The van der Waals surface area contributed by atoms with E-state index in [2.05, 4.69) is 20.4 Å². The van der Waals surface area contributed by atoms with Crippen molar-refractivity contribution in [3.8, 4) is 5.82 Å². The summed E-state index contributed by atoms with van der Waals surface area (Å²) in [6.45, 7) is 3.76. The second-order valence-corrected chi connectivity index (χ2v) is 7.49. The van der Waals surface area contributed by atoms with E-state index in [1.807, 2.05) is 54.1 Å². The molecule has 1 amide bonds. The zero-order valence-corrected chi connectivity index (χ0v) is 16.7. The van der Waals surface area contributed by atoms with Gasteiger partial charge in [-0.2, -0.15) is 0 Å². The van der Waals surface area contributed by atoms with Crippen molar-refractivity contribution in [1.82, 2.24) is 20.1 Å². The summed E-state index contributed by atoms with van der Waals surface area (Å²) >= 11 is 0. The summed E-state index contributed by atoms with van der Waals surface area (Å²) in [5.41, 5.74) is 1.97. The van der Waals surface area contributed by atoms with Gasteiger partial charge in [0, 0.05) is 24.7 Å². The summed E-state index contributed by atoms with van der Waals surface area (Å²) in [4.78, 5) is 14.4. The van der Waals surface area contributed by atoms with Crippen LogP contribution >= 0.6 is 0 Å². The van der Waals surface area contributed by atoms with Gasteiger partial charge in [0.25, 0.3) is 0 Å². The van der Waals surface area contributed by atoms with Crippen LogP contribution in [0.25, 0.3) is 16.7 Å². The number of aliphatic hydroxyl groups excluding tert-OH is 1. The number of hydrogen-bond donors (Lipinski definition) is 2. The van der Waals surface area contributed by atoms with Gasteiger partial charge in [0.05, 0.1) is 24.6 Å². The molecule has 0 radical (unpaired) electrons. The van der Waals surface area contributed by atoms with Gasteiger partial charge >= 0.3 is 0 Å². The van der Waals surface area contributed by atoms with Crippen molar-refractivity contribution in [2.45, 2.75) is 38.6 Å². The minimum Gasteiger partial charge on any atom is -0.394 e. The number of benzene rings is 1. The number of anilines is 1. The van der Waals surface area contributed by atoms with E-state index in [4.69, 9.17) is 0 Å². The third-order valence-corrected chi connectivity index (χ3v) is 5.48. The Morgan fingerprint density at radius 2 is 2.00 bits per heavy atom. The monoisotopic (exact) mass is 393 g/mol. The summed E-state index contributed by atoms with van der Waals surface area (Å²) in [6, 6.07) is 12.1. The number of carbonyl (C=O) groups excluding carboxylic acids is 1. The lowest BCUT2D eigenvalue weighted by Crippen LogP contribution is -2.32. The highest BCUT2D eigenvalue weighted by Crippen LogP contribution is 2.26. The first-order chi connectivity index (χ1) is 14.2. The summed E-state index contributed by atoms with van der Waals surface area (Å²) < 4.78 is 1.99. The van der Waals surface area contributed by atoms with Crippen LogP contribution in [0.3, 0.4) is 0 Å². The van der Waals surface area contributed by atoms with Crippen molar-refractivity contribution >= 4 is 22.6 Å². The highest BCUT2D eigenvalue weighted by molar-refractivity contribution is 5.90. The number of aliphatic hydroxyl groups is 1. The van der Waals surface area contributed by atoms with Gasteiger partial charge in [-0.1, -0.05) is 25.1 Å². The molecule has 1 saturated heterocycles. The molecule has 7 heteroatoms. The average Bonchev–Trinajstić information content (AvgIpc) is 3.37. The van der Waals surface area contributed by atoms with Crippen molar-refractivity contribution in [1.29, 1.82) is 0 Å². The lowest BCUT2D eigenvalue weighted by molar-refractivity contribution is -0.120. The van der Waals surface area contributed by atoms with Gasteiger partial charge in [-0.15, -0.1) is 10.2 Å².